The fourth-order valence-electron chi connectivity index (χ4n) is 1.07. The molecule has 0 aliphatic carbocycles. The number of carbonyl (C=O) groups is 1. The highest BCUT2D eigenvalue weighted by Crippen LogP contribution is 1.93. The fraction of sp³-hybridized carbons (Fsp3) is 0.615. The molecule has 1 amide bonds. The van der Waals surface area contributed by atoms with Gasteiger partial charge in [-0.3, -0.25) is 0 Å². The van der Waals surface area contributed by atoms with E-state index in [1.165, 1.54) is 0 Å². The summed E-state index contributed by atoms with van der Waals surface area (Å²) in [5.74, 6) is 0. The Balaban J connectivity index is 3.33. The molecule has 0 bridgehead atoms. The first kappa shape index (κ1) is 14.8. The van der Waals surface area contributed by atoms with Crippen LogP contribution in [0.1, 0.15) is 39.5 Å². The molecule has 0 saturated heterocycles. The van der Waals surface area contributed by atoms with Crippen molar-refractivity contribution in [2.45, 2.75) is 39.5 Å². The van der Waals surface area contributed by atoms with E-state index >= 15 is 0 Å². The van der Waals surface area contributed by atoms with E-state index in [-0.39, 0.29) is 6.09 Å². The summed E-state index contributed by atoms with van der Waals surface area (Å²) in [7, 11) is 0. The number of hydrogen-bond acceptors (Lipinski definition) is 2. The highest BCUT2D eigenvalue weighted by atomic mass is 16.5. The lowest BCUT2D eigenvalue weighted by atomic mass is 10.2. The summed E-state index contributed by atoms with van der Waals surface area (Å²) < 4.78 is 4.86. The largest absolute Gasteiger partial charge is 0.450 e. The number of rotatable bonds is 8. The summed E-state index contributed by atoms with van der Waals surface area (Å²) in [5.41, 5.74) is 0. The maximum absolute atomic E-state index is 11.0. The molecule has 3 heteroatoms. The van der Waals surface area contributed by atoms with Gasteiger partial charge in [0.15, 0.2) is 0 Å². The number of alkyl carbamates (subject to hydrolysis) is 1. The van der Waals surface area contributed by atoms with Crippen molar-refractivity contribution in [1.29, 1.82) is 0 Å². The van der Waals surface area contributed by atoms with Gasteiger partial charge in [0, 0.05) is 6.54 Å². The Morgan fingerprint density at radius 1 is 1.12 bits per heavy atom. The smallest absolute Gasteiger partial charge is 0.407 e. The minimum absolute atomic E-state index is 0.336. The molecule has 0 fully saturated rings. The van der Waals surface area contributed by atoms with E-state index in [0.29, 0.717) is 13.2 Å². The zero-order chi connectivity index (χ0) is 12.1. The van der Waals surface area contributed by atoms with Gasteiger partial charge in [-0.05, 0) is 25.7 Å². The van der Waals surface area contributed by atoms with Gasteiger partial charge in [0.2, 0.25) is 0 Å². The molecular formula is C13H23NO2. The van der Waals surface area contributed by atoms with Crippen molar-refractivity contribution >= 4 is 6.09 Å². The van der Waals surface area contributed by atoms with E-state index in [1.54, 1.807) is 0 Å². The van der Waals surface area contributed by atoms with Crippen LogP contribution >= 0.6 is 0 Å². The maximum Gasteiger partial charge on any atom is 0.407 e. The molecular weight excluding hydrogens is 202 g/mol. The summed E-state index contributed by atoms with van der Waals surface area (Å²) in [6.07, 6.45) is 12.0. The summed E-state index contributed by atoms with van der Waals surface area (Å²) in [4.78, 5) is 11.0. The topological polar surface area (TPSA) is 38.3 Å². The minimum atomic E-state index is -0.336. The predicted molar refractivity (Wildman–Crippen MR) is 67.4 cm³/mol. The Morgan fingerprint density at radius 2 is 1.81 bits per heavy atom. The van der Waals surface area contributed by atoms with E-state index in [4.69, 9.17) is 4.74 Å². The molecule has 0 aromatic rings. The monoisotopic (exact) mass is 225 g/mol. The van der Waals surface area contributed by atoms with E-state index in [2.05, 4.69) is 30.5 Å². The molecule has 0 aliphatic rings. The van der Waals surface area contributed by atoms with Crippen molar-refractivity contribution in [2.24, 2.45) is 0 Å². The first-order valence-electron chi connectivity index (χ1n) is 6.01. The van der Waals surface area contributed by atoms with Crippen molar-refractivity contribution in [2.75, 3.05) is 13.2 Å². The van der Waals surface area contributed by atoms with Crippen molar-refractivity contribution < 1.29 is 9.53 Å². The van der Waals surface area contributed by atoms with Crippen LogP contribution in [0.15, 0.2) is 24.3 Å². The van der Waals surface area contributed by atoms with Crippen molar-refractivity contribution in [1.82, 2.24) is 5.32 Å². The lowest BCUT2D eigenvalue weighted by Gasteiger charge is -2.02. The maximum atomic E-state index is 11.0. The molecule has 0 spiro atoms. The summed E-state index contributed by atoms with van der Waals surface area (Å²) in [5, 5.41) is 2.65. The molecule has 92 valence electrons. The molecule has 0 rings (SSSR count). The third kappa shape index (κ3) is 10.8. The highest BCUT2D eigenvalue weighted by molar-refractivity contribution is 5.67. The number of nitrogens with one attached hydrogen (secondary N) is 1. The standard InChI is InChI=1S/C13H23NO2/c1-3-5-6-7-8-9-10-11-14-13(15)16-12-4-2/h5-6,9-10H,3-4,7-8,11-12H2,1-2H3,(H,14,15)/b6-5-,10-9+. The van der Waals surface area contributed by atoms with Crippen LogP contribution in [0.5, 0.6) is 0 Å². The normalized spacial score (nSPS) is 11.1. The van der Waals surface area contributed by atoms with Crippen LogP contribution in [0.3, 0.4) is 0 Å². The number of amides is 1. The molecule has 0 aliphatic heterocycles. The Labute approximate surface area is 98.6 Å². The van der Waals surface area contributed by atoms with Gasteiger partial charge >= 0.3 is 6.09 Å². The second-order valence-corrected chi connectivity index (χ2v) is 3.45. The van der Waals surface area contributed by atoms with Gasteiger partial charge < -0.3 is 10.1 Å². The molecule has 0 heterocycles. The zero-order valence-electron chi connectivity index (χ0n) is 10.4. The Hall–Kier alpha value is -1.25. The molecule has 0 saturated carbocycles. The van der Waals surface area contributed by atoms with Crippen LogP contribution in [0.2, 0.25) is 0 Å². The van der Waals surface area contributed by atoms with Crippen LogP contribution in [0.25, 0.3) is 0 Å². The third-order valence-electron chi connectivity index (χ3n) is 1.87. The number of carbonyl (C=O) groups excluding carboxylic acids is 1. The van der Waals surface area contributed by atoms with E-state index in [9.17, 15) is 4.79 Å². The van der Waals surface area contributed by atoms with Crippen molar-refractivity contribution in [3.05, 3.63) is 24.3 Å². The molecule has 0 atom stereocenters. The summed E-state index contributed by atoms with van der Waals surface area (Å²) >= 11 is 0. The van der Waals surface area contributed by atoms with E-state index in [0.717, 1.165) is 25.7 Å². The van der Waals surface area contributed by atoms with Gasteiger partial charge in [0.05, 0.1) is 6.61 Å². The molecule has 0 aromatic carbocycles. The molecule has 1 N–H and O–H groups in total. The first-order chi connectivity index (χ1) is 7.81. The number of unbranched alkanes of at least 4 members (excludes halogenated alkanes) is 1. The number of allylic oxidation sites excluding steroid dienone is 3. The van der Waals surface area contributed by atoms with Gasteiger partial charge in [-0.1, -0.05) is 38.2 Å². The third-order valence-corrected chi connectivity index (χ3v) is 1.87. The SMILES string of the molecule is CC/C=C\CC/C=C/CNC(=O)OCCC. The summed E-state index contributed by atoms with van der Waals surface area (Å²) in [6.45, 7) is 5.12. The van der Waals surface area contributed by atoms with Gasteiger partial charge in [0.1, 0.15) is 0 Å². The summed E-state index contributed by atoms with van der Waals surface area (Å²) in [6, 6.07) is 0. The minimum Gasteiger partial charge on any atom is -0.450 e. The van der Waals surface area contributed by atoms with Gasteiger partial charge in [-0.2, -0.15) is 0 Å². The van der Waals surface area contributed by atoms with Crippen LogP contribution in [-0.4, -0.2) is 19.2 Å². The van der Waals surface area contributed by atoms with Gasteiger partial charge in [-0.25, -0.2) is 4.79 Å². The van der Waals surface area contributed by atoms with Crippen LogP contribution in [-0.2, 0) is 4.74 Å². The Morgan fingerprint density at radius 3 is 2.44 bits per heavy atom. The number of ether oxygens (including phenoxy) is 1. The average Bonchev–Trinajstić information content (AvgIpc) is 2.30. The lowest BCUT2D eigenvalue weighted by molar-refractivity contribution is 0.147. The molecule has 16 heavy (non-hydrogen) atoms. The van der Waals surface area contributed by atoms with E-state index < -0.39 is 0 Å². The van der Waals surface area contributed by atoms with Crippen LogP contribution in [0, 0.1) is 0 Å². The highest BCUT2D eigenvalue weighted by Gasteiger charge is 1.96. The van der Waals surface area contributed by atoms with Gasteiger partial charge in [-0.15, -0.1) is 0 Å². The second kappa shape index (κ2) is 11.8. The van der Waals surface area contributed by atoms with Crippen molar-refractivity contribution in [3.63, 3.8) is 0 Å². The van der Waals surface area contributed by atoms with Crippen LogP contribution < -0.4 is 5.32 Å². The molecule has 0 unspecified atom stereocenters. The first-order valence-corrected chi connectivity index (χ1v) is 6.01. The van der Waals surface area contributed by atoms with Gasteiger partial charge in [0.25, 0.3) is 0 Å². The van der Waals surface area contributed by atoms with Crippen LogP contribution in [0.4, 0.5) is 4.79 Å². The lowest BCUT2D eigenvalue weighted by Crippen LogP contribution is -2.24. The molecule has 0 radical (unpaired) electrons. The predicted octanol–water partition coefficient (Wildman–Crippen LogP) is 3.43. The number of hydrogen-bond donors (Lipinski definition) is 1. The average molecular weight is 225 g/mol. The van der Waals surface area contributed by atoms with E-state index in [1.807, 2.05) is 13.0 Å². The molecule has 0 aromatic heterocycles. The second-order valence-electron chi connectivity index (χ2n) is 3.45. The zero-order valence-corrected chi connectivity index (χ0v) is 10.4. The van der Waals surface area contributed by atoms with Crippen molar-refractivity contribution in [3.8, 4) is 0 Å². The molecule has 3 nitrogen and oxygen atoms in total. The Bertz CT molecular complexity index is 222. The quantitative estimate of drug-likeness (QED) is 0.507. The Kier molecular flexibility index (Phi) is 10.9. The fourth-order valence-corrected chi connectivity index (χ4v) is 1.07.